The number of rotatable bonds is 6. The zero-order valence-electron chi connectivity index (χ0n) is 17.0. The van der Waals surface area contributed by atoms with Crippen molar-refractivity contribution in [1.29, 1.82) is 0 Å². The van der Waals surface area contributed by atoms with Crippen LogP contribution in [-0.2, 0) is 14.8 Å². The van der Waals surface area contributed by atoms with Gasteiger partial charge in [-0.25, -0.2) is 17.9 Å². The van der Waals surface area contributed by atoms with E-state index in [1.165, 1.54) is 12.1 Å². The van der Waals surface area contributed by atoms with E-state index in [0.29, 0.717) is 44.8 Å². The van der Waals surface area contributed by atoms with E-state index in [1.807, 2.05) is 13.8 Å². The van der Waals surface area contributed by atoms with Gasteiger partial charge in [-0.05, 0) is 43.4 Å². The van der Waals surface area contributed by atoms with Gasteiger partial charge in [-0.2, -0.15) is 0 Å². The molecule has 0 spiro atoms. The maximum atomic E-state index is 12.9. The van der Waals surface area contributed by atoms with Crippen molar-refractivity contribution in [3.63, 3.8) is 0 Å². The van der Waals surface area contributed by atoms with Crippen molar-refractivity contribution in [2.24, 2.45) is 5.92 Å². The maximum absolute atomic E-state index is 12.9. The van der Waals surface area contributed by atoms with Crippen molar-refractivity contribution in [2.75, 3.05) is 32.8 Å². The molecular weight excluding hydrogens is 394 g/mol. The zero-order chi connectivity index (χ0) is 21.0. The van der Waals surface area contributed by atoms with Gasteiger partial charge in [-0.1, -0.05) is 19.9 Å². The maximum Gasteiger partial charge on any atom is 0.409 e. The van der Waals surface area contributed by atoms with Gasteiger partial charge in [0.1, 0.15) is 0 Å². The minimum Gasteiger partial charge on any atom is -0.449 e. The lowest BCUT2D eigenvalue weighted by Gasteiger charge is -2.22. The van der Waals surface area contributed by atoms with Crippen LogP contribution in [0, 0.1) is 5.92 Å². The van der Waals surface area contributed by atoms with Gasteiger partial charge >= 0.3 is 6.09 Å². The number of hydrogen-bond donors (Lipinski definition) is 1. The normalized spacial score (nSPS) is 17.9. The molecule has 1 saturated heterocycles. The number of carbonyl (C=O) groups excluding carboxylic acids is 2. The van der Waals surface area contributed by atoms with Crippen molar-refractivity contribution >= 4 is 22.0 Å². The number of benzene rings is 1. The molecule has 3 rings (SSSR count). The van der Waals surface area contributed by atoms with Crippen molar-refractivity contribution in [3.05, 3.63) is 29.8 Å². The average Bonchev–Trinajstić information content (AvgIpc) is 3.51. The molecule has 1 aliphatic carbocycles. The molecule has 0 atom stereocenters. The fourth-order valence-electron chi connectivity index (χ4n) is 3.10. The predicted molar refractivity (Wildman–Crippen MR) is 108 cm³/mol. The number of nitrogens with one attached hydrogen (secondary N) is 1. The van der Waals surface area contributed by atoms with E-state index < -0.39 is 10.0 Å². The molecule has 8 nitrogen and oxygen atoms in total. The average molecular weight is 424 g/mol. The first-order valence-electron chi connectivity index (χ1n) is 10.1. The second-order valence-corrected chi connectivity index (χ2v) is 9.74. The van der Waals surface area contributed by atoms with Crippen LogP contribution in [0.25, 0.3) is 0 Å². The zero-order valence-corrected chi connectivity index (χ0v) is 17.8. The predicted octanol–water partition coefficient (Wildman–Crippen LogP) is 2.07. The molecule has 9 heteroatoms. The van der Waals surface area contributed by atoms with Crippen LogP contribution in [0.2, 0.25) is 0 Å². The molecule has 1 aliphatic heterocycles. The van der Waals surface area contributed by atoms with Gasteiger partial charge in [-0.15, -0.1) is 0 Å². The number of amides is 2. The Labute approximate surface area is 172 Å². The van der Waals surface area contributed by atoms with Crippen LogP contribution in [0.4, 0.5) is 4.79 Å². The molecule has 1 aromatic carbocycles. The quantitative estimate of drug-likeness (QED) is 0.756. The molecule has 0 radical (unpaired) electrons. The highest BCUT2D eigenvalue weighted by Gasteiger charge is 2.29. The van der Waals surface area contributed by atoms with Crippen molar-refractivity contribution < 1.29 is 22.7 Å². The smallest absolute Gasteiger partial charge is 0.409 e. The van der Waals surface area contributed by atoms with Gasteiger partial charge in [0.15, 0.2) is 0 Å². The van der Waals surface area contributed by atoms with Gasteiger partial charge in [-0.3, -0.25) is 4.79 Å². The van der Waals surface area contributed by atoms with E-state index >= 15 is 0 Å². The Kier molecular flexibility index (Phi) is 6.79. The van der Waals surface area contributed by atoms with Crippen molar-refractivity contribution in [1.82, 2.24) is 14.5 Å². The van der Waals surface area contributed by atoms with Crippen LogP contribution in [0.15, 0.2) is 29.2 Å². The SMILES string of the molecule is CC(C)COC(=O)N1CCCN(C(=O)c2cccc(S(=O)(=O)NC3CC3)c2)CC1. The fourth-order valence-corrected chi connectivity index (χ4v) is 4.45. The van der Waals surface area contributed by atoms with Crippen LogP contribution in [-0.4, -0.2) is 69.0 Å². The molecule has 160 valence electrons. The molecule has 0 aromatic heterocycles. The highest BCUT2D eigenvalue weighted by molar-refractivity contribution is 7.89. The third-order valence-corrected chi connectivity index (χ3v) is 6.39. The molecule has 0 unspecified atom stereocenters. The summed E-state index contributed by atoms with van der Waals surface area (Å²) in [5, 5.41) is 0. The Morgan fingerprint density at radius 3 is 2.52 bits per heavy atom. The Morgan fingerprint density at radius 2 is 1.83 bits per heavy atom. The lowest BCUT2D eigenvalue weighted by molar-refractivity contribution is 0.0746. The van der Waals surface area contributed by atoms with E-state index in [9.17, 15) is 18.0 Å². The molecule has 1 aromatic rings. The summed E-state index contributed by atoms with van der Waals surface area (Å²) in [4.78, 5) is 28.5. The lowest BCUT2D eigenvalue weighted by atomic mass is 10.2. The molecule has 2 amide bonds. The topological polar surface area (TPSA) is 96.0 Å². The van der Waals surface area contributed by atoms with Gasteiger partial charge in [0.2, 0.25) is 10.0 Å². The van der Waals surface area contributed by atoms with Gasteiger partial charge in [0.05, 0.1) is 11.5 Å². The van der Waals surface area contributed by atoms with Crippen molar-refractivity contribution in [2.45, 2.75) is 44.0 Å². The van der Waals surface area contributed by atoms with Crippen LogP contribution in [0.5, 0.6) is 0 Å². The summed E-state index contributed by atoms with van der Waals surface area (Å²) in [5.74, 6) is 0.0350. The van der Waals surface area contributed by atoms with Crippen LogP contribution in [0.1, 0.15) is 43.5 Å². The minimum absolute atomic E-state index is 0.00593. The van der Waals surface area contributed by atoms with Crippen molar-refractivity contribution in [3.8, 4) is 0 Å². The second-order valence-electron chi connectivity index (χ2n) is 8.03. The Balaban J connectivity index is 1.63. The lowest BCUT2D eigenvalue weighted by Crippen LogP contribution is -2.38. The summed E-state index contributed by atoms with van der Waals surface area (Å²) in [5.41, 5.74) is 0.333. The Hall–Kier alpha value is -2.13. The van der Waals surface area contributed by atoms with Crippen LogP contribution in [0.3, 0.4) is 0 Å². The first-order valence-corrected chi connectivity index (χ1v) is 11.6. The number of ether oxygens (including phenoxy) is 1. The summed E-state index contributed by atoms with van der Waals surface area (Å²) in [6.45, 7) is 6.13. The summed E-state index contributed by atoms with van der Waals surface area (Å²) < 4.78 is 32.8. The minimum atomic E-state index is -3.61. The Morgan fingerprint density at radius 1 is 1.14 bits per heavy atom. The summed E-state index contributed by atoms with van der Waals surface area (Å²) >= 11 is 0. The van der Waals surface area contributed by atoms with E-state index in [4.69, 9.17) is 4.74 Å². The number of sulfonamides is 1. The third-order valence-electron chi connectivity index (χ3n) is 4.87. The highest BCUT2D eigenvalue weighted by Crippen LogP contribution is 2.23. The number of nitrogens with zero attached hydrogens (tertiary/aromatic N) is 2. The molecule has 1 N–H and O–H groups in total. The van der Waals surface area contributed by atoms with E-state index in [0.717, 1.165) is 12.8 Å². The van der Waals surface area contributed by atoms with E-state index in [-0.39, 0.29) is 28.9 Å². The molecule has 2 aliphatic rings. The highest BCUT2D eigenvalue weighted by atomic mass is 32.2. The molecule has 29 heavy (non-hydrogen) atoms. The molecule has 2 fully saturated rings. The third kappa shape index (κ3) is 5.93. The van der Waals surface area contributed by atoms with Gasteiger partial charge in [0, 0.05) is 37.8 Å². The Bertz CT molecular complexity index is 851. The monoisotopic (exact) mass is 423 g/mol. The number of hydrogen-bond acceptors (Lipinski definition) is 5. The molecule has 0 bridgehead atoms. The fraction of sp³-hybridized carbons (Fsp3) is 0.600. The standard InChI is InChI=1S/C20H29N3O5S/c1-15(2)14-28-20(25)23-10-4-9-22(11-12-23)19(24)16-5-3-6-18(13-16)29(26,27)21-17-7-8-17/h3,5-6,13,15,17,21H,4,7-12,14H2,1-2H3. The molecule has 1 heterocycles. The van der Waals surface area contributed by atoms with Crippen LogP contribution < -0.4 is 4.72 Å². The molecule has 1 saturated carbocycles. The van der Waals surface area contributed by atoms with Gasteiger partial charge < -0.3 is 14.5 Å². The van der Waals surface area contributed by atoms with E-state index in [2.05, 4.69) is 4.72 Å². The first-order chi connectivity index (χ1) is 13.8. The summed E-state index contributed by atoms with van der Waals surface area (Å²) in [6, 6.07) is 6.13. The van der Waals surface area contributed by atoms with Crippen LogP contribution >= 0.6 is 0 Å². The summed E-state index contributed by atoms with van der Waals surface area (Å²) in [7, 11) is -3.61. The summed E-state index contributed by atoms with van der Waals surface area (Å²) in [6.07, 6.45) is 1.99. The molecular formula is C20H29N3O5S. The largest absolute Gasteiger partial charge is 0.449 e. The second kappa shape index (κ2) is 9.13. The first kappa shape index (κ1) is 21.6. The number of carbonyl (C=O) groups is 2. The van der Waals surface area contributed by atoms with Gasteiger partial charge in [0.25, 0.3) is 5.91 Å². The van der Waals surface area contributed by atoms with E-state index in [1.54, 1.807) is 21.9 Å².